The average Bonchev–Trinajstić information content (AvgIpc) is 2.73. The molecule has 0 bridgehead atoms. The number of aryl methyl sites for hydroxylation is 1. The number of nitrogens with zero attached hydrogens (tertiary/aromatic N) is 2. The molecule has 0 radical (unpaired) electrons. The summed E-state index contributed by atoms with van der Waals surface area (Å²) >= 11 is 3.48. The van der Waals surface area contributed by atoms with Gasteiger partial charge in [0.15, 0.2) is 0 Å². The minimum absolute atomic E-state index is 0.156. The molecule has 1 heterocycles. The summed E-state index contributed by atoms with van der Waals surface area (Å²) in [5.41, 5.74) is 5.92. The lowest BCUT2D eigenvalue weighted by molar-refractivity contribution is 0.587. The predicted molar refractivity (Wildman–Crippen MR) is 118 cm³/mol. The smallest absolute Gasteiger partial charge is 0.257 e. The largest absolute Gasteiger partial charge is 0.276 e. The Balaban J connectivity index is 1.71. The van der Waals surface area contributed by atoms with E-state index in [1.165, 1.54) is 0 Å². The van der Waals surface area contributed by atoms with Gasteiger partial charge in [-0.05, 0) is 37.3 Å². The van der Waals surface area contributed by atoms with Crippen molar-refractivity contribution < 1.29 is 8.42 Å². The van der Waals surface area contributed by atoms with Gasteiger partial charge in [-0.2, -0.15) is 0 Å². The van der Waals surface area contributed by atoms with E-state index in [4.69, 9.17) is 0 Å². The molecule has 0 unspecified atom stereocenters. The first-order chi connectivity index (χ1) is 13.9. The molecule has 0 aliphatic rings. The quantitative estimate of drug-likeness (QED) is 0.415. The Bertz CT molecular complexity index is 1280. The van der Waals surface area contributed by atoms with Gasteiger partial charge in [0.1, 0.15) is 0 Å². The molecule has 6 nitrogen and oxygen atoms in total. The van der Waals surface area contributed by atoms with Gasteiger partial charge in [-0.1, -0.05) is 64.0 Å². The molecule has 0 saturated heterocycles. The Labute approximate surface area is 177 Å². The second kappa shape index (κ2) is 7.90. The third-order valence-electron chi connectivity index (χ3n) is 4.33. The molecule has 0 spiro atoms. The van der Waals surface area contributed by atoms with Gasteiger partial charge in [-0.15, -0.1) is 4.83 Å². The van der Waals surface area contributed by atoms with E-state index in [9.17, 15) is 8.42 Å². The van der Waals surface area contributed by atoms with Crippen LogP contribution in [-0.2, 0) is 10.0 Å². The van der Waals surface area contributed by atoms with Crippen LogP contribution in [0.5, 0.6) is 0 Å². The molecule has 4 rings (SSSR count). The highest BCUT2D eigenvalue weighted by molar-refractivity contribution is 9.10. The van der Waals surface area contributed by atoms with Gasteiger partial charge in [0.2, 0.25) is 5.95 Å². The van der Waals surface area contributed by atoms with E-state index in [1.807, 2.05) is 55.5 Å². The highest BCUT2D eigenvalue weighted by Gasteiger charge is 2.15. The van der Waals surface area contributed by atoms with Crippen molar-refractivity contribution >= 4 is 42.8 Å². The zero-order valence-corrected chi connectivity index (χ0v) is 17.8. The lowest BCUT2D eigenvalue weighted by atomic mass is 10.1. The molecular formula is C21H17BrN4O2S. The van der Waals surface area contributed by atoms with Crippen LogP contribution in [0.2, 0.25) is 0 Å². The molecule has 8 heteroatoms. The van der Waals surface area contributed by atoms with Crippen molar-refractivity contribution in [3.63, 3.8) is 0 Å². The number of sulfonamides is 1. The maximum Gasteiger partial charge on any atom is 0.257 e. The van der Waals surface area contributed by atoms with Crippen molar-refractivity contribution in [2.45, 2.75) is 11.8 Å². The predicted octanol–water partition coefficient (Wildman–Crippen LogP) is 4.67. The molecule has 0 fully saturated rings. The van der Waals surface area contributed by atoms with E-state index < -0.39 is 10.0 Å². The van der Waals surface area contributed by atoms with Crippen molar-refractivity contribution in [2.75, 3.05) is 5.43 Å². The topological polar surface area (TPSA) is 84.0 Å². The summed E-state index contributed by atoms with van der Waals surface area (Å²) in [6, 6.07) is 21.9. The number of fused-ring (bicyclic) bond motifs is 1. The van der Waals surface area contributed by atoms with Gasteiger partial charge in [0.25, 0.3) is 10.0 Å². The number of rotatable bonds is 5. The first kappa shape index (κ1) is 19.5. The second-order valence-electron chi connectivity index (χ2n) is 6.47. The van der Waals surface area contributed by atoms with E-state index >= 15 is 0 Å². The number of aromatic nitrogens is 2. The summed E-state index contributed by atoms with van der Waals surface area (Å²) in [6.07, 6.45) is 0. The van der Waals surface area contributed by atoms with E-state index in [2.05, 4.69) is 36.2 Å². The van der Waals surface area contributed by atoms with Gasteiger partial charge < -0.3 is 0 Å². The lowest BCUT2D eigenvalue weighted by Gasteiger charge is -2.12. The number of nitrogens with one attached hydrogen (secondary N) is 2. The fraction of sp³-hybridized carbons (Fsp3) is 0.0476. The number of hydrogen-bond acceptors (Lipinski definition) is 5. The second-order valence-corrected chi connectivity index (χ2v) is 9.06. The van der Waals surface area contributed by atoms with E-state index in [0.717, 1.165) is 21.0 Å². The fourth-order valence-corrected chi connectivity index (χ4v) is 4.06. The lowest BCUT2D eigenvalue weighted by Crippen LogP contribution is -2.30. The van der Waals surface area contributed by atoms with Gasteiger partial charge in [-0.25, -0.2) is 18.4 Å². The van der Waals surface area contributed by atoms with E-state index in [-0.39, 0.29) is 10.8 Å². The number of hydrogen-bond donors (Lipinski definition) is 2. The molecule has 0 saturated carbocycles. The van der Waals surface area contributed by atoms with Crippen LogP contribution < -0.4 is 10.3 Å². The van der Waals surface area contributed by atoms with Crippen molar-refractivity contribution in [2.24, 2.45) is 0 Å². The molecule has 146 valence electrons. The third-order valence-corrected chi connectivity index (χ3v) is 6.09. The maximum absolute atomic E-state index is 12.5. The van der Waals surface area contributed by atoms with Crippen LogP contribution in [0.25, 0.3) is 22.2 Å². The normalized spacial score (nSPS) is 11.5. The molecular weight excluding hydrogens is 452 g/mol. The minimum atomic E-state index is -3.76. The highest BCUT2D eigenvalue weighted by Crippen LogP contribution is 2.29. The Morgan fingerprint density at radius 3 is 2.34 bits per heavy atom. The fourth-order valence-electron chi connectivity index (χ4n) is 2.86. The Morgan fingerprint density at radius 1 is 0.897 bits per heavy atom. The van der Waals surface area contributed by atoms with E-state index in [0.29, 0.717) is 11.2 Å². The third kappa shape index (κ3) is 4.29. The van der Waals surface area contributed by atoms with Gasteiger partial charge in [-0.3, -0.25) is 5.43 Å². The van der Waals surface area contributed by atoms with Crippen molar-refractivity contribution in [3.05, 3.63) is 82.8 Å². The standard InChI is InChI=1S/C21H17BrN4O2S/c1-14-7-10-17(11-8-14)29(27,28)26-25-21-23-19-12-9-16(22)13-18(19)20(24-21)15-5-3-2-4-6-15/h2-13,26H,1H3,(H,23,24,25). The SMILES string of the molecule is Cc1ccc(S(=O)(=O)NNc2nc(-c3ccccc3)c3cc(Br)ccc3n2)cc1. The first-order valence-corrected chi connectivity index (χ1v) is 11.1. The summed E-state index contributed by atoms with van der Waals surface area (Å²) in [5.74, 6) is 0.161. The molecule has 0 atom stereocenters. The van der Waals surface area contributed by atoms with Crippen LogP contribution >= 0.6 is 15.9 Å². The van der Waals surface area contributed by atoms with Crippen LogP contribution in [0.4, 0.5) is 5.95 Å². The Kier molecular flexibility index (Phi) is 5.31. The van der Waals surface area contributed by atoms with Crippen molar-refractivity contribution in [1.29, 1.82) is 0 Å². The average molecular weight is 469 g/mol. The zero-order chi connectivity index (χ0) is 20.4. The van der Waals surface area contributed by atoms with Crippen molar-refractivity contribution in [3.8, 4) is 11.3 Å². The van der Waals surface area contributed by atoms with Gasteiger partial charge in [0, 0.05) is 15.4 Å². The summed E-state index contributed by atoms with van der Waals surface area (Å²) in [4.78, 5) is 11.5. The molecule has 1 aromatic heterocycles. The summed E-state index contributed by atoms with van der Waals surface area (Å²) in [5, 5.41) is 0.859. The monoisotopic (exact) mass is 468 g/mol. The number of halogens is 1. The minimum Gasteiger partial charge on any atom is -0.276 e. The molecule has 0 aliphatic heterocycles. The maximum atomic E-state index is 12.5. The zero-order valence-electron chi connectivity index (χ0n) is 15.4. The van der Waals surface area contributed by atoms with Crippen LogP contribution in [0, 0.1) is 6.92 Å². The number of hydrazine groups is 1. The number of anilines is 1. The highest BCUT2D eigenvalue weighted by atomic mass is 79.9. The Morgan fingerprint density at radius 2 is 1.62 bits per heavy atom. The van der Waals surface area contributed by atoms with Crippen LogP contribution in [0.3, 0.4) is 0 Å². The molecule has 3 aromatic carbocycles. The molecule has 0 aliphatic carbocycles. The molecule has 0 amide bonds. The Hall–Kier alpha value is -2.81. The molecule has 29 heavy (non-hydrogen) atoms. The molecule has 2 N–H and O–H groups in total. The van der Waals surface area contributed by atoms with Crippen molar-refractivity contribution in [1.82, 2.24) is 14.8 Å². The summed E-state index contributed by atoms with van der Waals surface area (Å²) in [6.45, 7) is 1.90. The van der Waals surface area contributed by atoms with Crippen LogP contribution in [0.1, 0.15) is 5.56 Å². The van der Waals surface area contributed by atoms with Gasteiger partial charge >= 0.3 is 0 Å². The molecule has 4 aromatic rings. The summed E-state index contributed by atoms with van der Waals surface area (Å²) in [7, 11) is -3.76. The van der Waals surface area contributed by atoms with Gasteiger partial charge in [0.05, 0.1) is 16.1 Å². The number of benzene rings is 3. The van der Waals surface area contributed by atoms with Crippen LogP contribution in [0.15, 0.2) is 82.2 Å². The van der Waals surface area contributed by atoms with E-state index in [1.54, 1.807) is 24.3 Å². The first-order valence-electron chi connectivity index (χ1n) is 8.80. The van der Waals surface area contributed by atoms with Crippen LogP contribution in [-0.4, -0.2) is 18.4 Å². The summed E-state index contributed by atoms with van der Waals surface area (Å²) < 4.78 is 26.0.